The van der Waals surface area contributed by atoms with Crippen LogP contribution in [0.2, 0.25) is 0 Å². The van der Waals surface area contributed by atoms with Gasteiger partial charge in [0, 0.05) is 21.3 Å². The molecule has 2 unspecified atom stereocenters. The zero-order valence-electron chi connectivity index (χ0n) is 16.8. The first-order chi connectivity index (χ1) is 12.6. The minimum Gasteiger partial charge on any atom is -0.126 e. The van der Waals surface area contributed by atoms with E-state index in [2.05, 4.69) is 76.2 Å². The maximum atomic E-state index is 2.35. The highest BCUT2D eigenvalue weighted by Gasteiger charge is 2.05. The second-order valence-corrected chi connectivity index (χ2v) is 9.65. The van der Waals surface area contributed by atoms with Gasteiger partial charge in [0.1, 0.15) is 0 Å². The molecule has 2 heteroatoms. The fourth-order valence-corrected chi connectivity index (χ4v) is 5.06. The summed E-state index contributed by atoms with van der Waals surface area (Å²) < 4.78 is 0. The van der Waals surface area contributed by atoms with E-state index < -0.39 is 0 Å². The fourth-order valence-electron chi connectivity index (χ4n) is 3.12. The molecule has 0 saturated heterocycles. The van der Waals surface area contributed by atoms with Crippen molar-refractivity contribution in [2.24, 2.45) is 11.8 Å². The summed E-state index contributed by atoms with van der Waals surface area (Å²) in [6, 6.07) is 18.1. The fraction of sp³-hybridized carbons (Fsp3) is 0.500. The molecule has 2 rings (SSSR count). The Labute approximate surface area is 169 Å². The van der Waals surface area contributed by atoms with E-state index in [0.717, 1.165) is 11.8 Å². The minimum absolute atomic E-state index is 0.801. The molecule has 142 valence electrons. The van der Waals surface area contributed by atoms with Crippen LogP contribution in [0.5, 0.6) is 0 Å². The van der Waals surface area contributed by atoms with Crippen molar-refractivity contribution in [2.75, 3.05) is 11.5 Å². The summed E-state index contributed by atoms with van der Waals surface area (Å²) >= 11 is 3.97. The third-order valence-corrected chi connectivity index (χ3v) is 7.36. The van der Waals surface area contributed by atoms with Gasteiger partial charge in [0.2, 0.25) is 0 Å². The minimum atomic E-state index is 0.801. The van der Waals surface area contributed by atoms with E-state index in [9.17, 15) is 0 Å². The van der Waals surface area contributed by atoms with Gasteiger partial charge in [-0.05, 0) is 47.2 Å². The van der Waals surface area contributed by atoms with Crippen molar-refractivity contribution >= 4 is 23.5 Å². The van der Waals surface area contributed by atoms with Crippen LogP contribution in [0.25, 0.3) is 11.1 Å². The first kappa shape index (κ1) is 21.4. The number of thioether (sulfide) groups is 2. The highest BCUT2D eigenvalue weighted by atomic mass is 32.2. The molecule has 2 aromatic carbocycles. The van der Waals surface area contributed by atoms with Crippen molar-refractivity contribution in [3.8, 4) is 11.1 Å². The lowest BCUT2D eigenvalue weighted by atomic mass is 10.1. The van der Waals surface area contributed by atoms with Gasteiger partial charge in [-0.15, -0.1) is 23.5 Å². The van der Waals surface area contributed by atoms with Gasteiger partial charge in [-0.1, -0.05) is 77.6 Å². The van der Waals surface area contributed by atoms with E-state index in [-0.39, 0.29) is 0 Å². The number of rotatable bonds is 11. The standard InChI is InChI=1S/C24H34S2/c1-5-7-19(3)17-25-23-13-9-21(10-14-23)22-11-15-24(16-12-22)26-18-20(4)8-6-2/h9-16,19-20H,5-8,17-18H2,1-4H3. The molecular formula is C24H34S2. The third kappa shape index (κ3) is 7.40. The van der Waals surface area contributed by atoms with Crippen molar-refractivity contribution in [3.05, 3.63) is 48.5 Å². The molecule has 0 spiro atoms. The summed E-state index contributed by atoms with van der Waals surface area (Å²) in [5.74, 6) is 4.04. The average molecular weight is 387 g/mol. The van der Waals surface area contributed by atoms with Crippen LogP contribution >= 0.6 is 23.5 Å². The summed E-state index contributed by atoms with van der Waals surface area (Å²) in [6.45, 7) is 9.25. The van der Waals surface area contributed by atoms with Crippen LogP contribution in [-0.4, -0.2) is 11.5 Å². The molecular weight excluding hydrogens is 352 g/mol. The number of hydrogen-bond acceptors (Lipinski definition) is 2. The van der Waals surface area contributed by atoms with Crippen LogP contribution in [-0.2, 0) is 0 Å². The maximum Gasteiger partial charge on any atom is 0.00724 e. The predicted octanol–water partition coefficient (Wildman–Crippen LogP) is 8.41. The lowest BCUT2D eigenvalue weighted by Gasteiger charge is -2.11. The highest BCUT2D eigenvalue weighted by Crippen LogP contribution is 2.29. The number of hydrogen-bond donors (Lipinski definition) is 0. The van der Waals surface area contributed by atoms with Crippen LogP contribution < -0.4 is 0 Å². The van der Waals surface area contributed by atoms with E-state index in [1.165, 1.54) is 58.1 Å². The van der Waals surface area contributed by atoms with Gasteiger partial charge in [-0.2, -0.15) is 0 Å². The molecule has 0 aliphatic carbocycles. The molecule has 0 saturated carbocycles. The molecule has 2 aromatic rings. The van der Waals surface area contributed by atoms with Crippen molar-refractivity contribution < 1.29 is 0 Å². The molecule has 0 heterocycles. The van der Waals surface area contributed by atoms with Crippen LogP contribution in [0, 0.1) is 11.8 Å². The summed E-state index contributed by atoms with van der Waals surface area (Å²) in [6.07, 6.45) is 5.22. The predicted molar refractivity (Wildman–Crippen MR) is 121 cm³/mol. The van der Waals surface area contributed by atoms with E-state index in [4.69, 9.17) is 0 Å². The Morgan fingerprint density at radius 1 is 0.615 bits per heavy atom. The quantitative estimate of drug-likeness (QED) is 0.355. The molecule has 2 atom stereocenters. The Morgan fingerprint density at radius 2 is 0.962 bits per heavy atom. The summed E-state index contributed by atoms with van der Waals surface area (Å²) in [5, 5.41) is 0. The third-order valence-electron chi connectivity index (χ3n) is 4.67. The Bertz CT molecular complexity index is 558. The monoisotopic (exact) mass is 386 g/mol. The second-order valence-electron chi connectivity index (χ2n) is 7.46. The van der Waals surface area contributed by atoms with Gasteiger partial charge in [0.15, 0.2) is 0 Å². The molecule has 0 amide bonds. The number of benzene rings is 2. The lowest BCUT2D eigenvalue weighted by molar-refractivity contribution is 0.585. The summed E-state index contributed by atoms with van der Waals surface area (Å²) in [7, 11) is 0. The van der Waals surface area contributed by atoms with Crippen LogP contribution in [0.4, 0.5) is 0 Å². The van der Waals surface area contributed by atoms with Gasteiger partial charge in [-0.3, -0.25) is 0 Å². The SMILES string of the molecule is CCCC(C)CSc1ccc(-c2ccc(SCC(C)CCC)cc2)cc1. The van der Waals surface area contributed by atoms with Gasteiger partial charge < -0.3 is 0 Å². The normalized spacial score (nSPS) is 13.5. The topological polar surface area (TPSA) is 0 Å². The van der Waals surface area contributed by atoms with Gasteiger partial charge in [-0.25, -0.2) is 0 Å². The Morgan fingerprint density at radius 3 is 1.27 bits per heavy atom. The highest BCUT2D eigenvalue weighted by molar-refractivity contribution is 7.99. The van der Waals surface area contributed by atoms with Crippen molar-refractivity contribution in [3.63, 3.8) is 0 Å². The Balaban J connectivity index is 1.88. The average Bonchev–Trinajstić information content (AvgIpc) is 2.66. The smallest absolute Gasteiger partial charge is 0.00724 e. The van der Waals surface area contributed by atoms with Crippen molar-refractivity contribution in [2.45, 2.75) is 63.2 Å². The molecule has 0 nitrogen and oxygen atoms in total. The summed E-state index contributed by atoms with van der Waals surface area (Å²) in [5.41, 5.74) is 2.62. The van der Waals surface area contributed by atoms with Crippen molar-refractivity contribution in [1.82, 2.24) is 0 Å². The molecule has 0 aliphatic rings. The zero-order chi connectivity index (χ0) is 18.8. The molecule has 0 bridgehead atoms. The Kier molecular flexibility index (Phi) is 9.71. The lowest BCUT2D eigenvalue weighted by Crippen LogP contribution is -1.96. The van der Waals surface area contributed by atoms with Gasteiger partial charge >= 0.3 is 0 Å². The summed E-state index contributed by atoms with van der Waals surface area (Å²) in [4.78, 5) is 2.77. The largest absolute Gasteiger partial charge is 0.126 e. The van der Waals surface area contributed by atoms with E-state index in [0.29, 0.717) is 0 Å². The van der Waals surface area contributed by atoms with Crippen LogP contribution in [0.3, 0.4) is 0 Å². The molecule has 0 aromatic heterocycles. The van der Waals surface area contributed by atoms with Crippen molar-refractivity contribution in [1.29, 1.82) is 0 Å². The van der Waals surface area contributed by atoms with E-state index in [1.54, 1.807) is 0 Å². The molecule has 0 radical (unpaired) electrons. The second kappa shape index (κ2) is 11.8. The molecule has 0 aliphatic heterocycles. The van der Waals surface area contributed by atoms with E-state index in [1.807, 2.05) is 23.5 Å². The zero-order valence-corrected chi connectivity index (χ0v) is 18.5. The van der Waals surface area contributed by atoms with Gasteiger partial charge in [0.05, 0.1) is 0 Å². The van der Waals surface area contributed by atoms with E-state index >= 15 is 0 Å². The first-order valence-corrected chi connectivity index (χ1v) is 12.1. The first-order valence-electron chi connectivity index (χ1n) is 10.1. The van der Waals surface area contributed by atoms with Crippen LogP contribution in [0.1, 0.15) is 53.4 Å². The Hall–Kier alpha value is -0.860. The molecule has 0 N–H and O–H groups in total. The molecule has 0 fully saturated rings. The van der Waals surface area contributed by atoms with Gasteiger partial charge in [0.25, 0.3) is 0 Å². The molecule has 26 heavy (non-hydrogen) atoms. The maximum absolute atomic E-state index is 2.35. The van der Waals surface area contributed by atoms with Crippen LogP contribution in [0.15, 0.2) is 58.3 Å².